The summed E-state index contributed by atoms with van der Waals surface area (Å²) in [6.07, 6.45) is 11.4. The molecule has 1 nitrogen and oxygen atoms in total. The third-order valence-electron chi connectivity index (χ3n) is 2.28. The van der Waals surface area contributed by atoms with E-state index in [2.05, 4.69) is 15.9 Å². The Bertz CT molecular complexity index is 76.2. The number of halogens is 1. The summed E-state index contributed by atoms with van der Waals surface area (Å²) in [6, 6.07) is 0. The average molecular weight is 250 g/mol. The maximum absolute atomic E-state index is 10.1. The normalized spacial score (nSPS) is 10.6. The first-order valence-electron chi connectivity index (χ1n) is 5.56. The lowest BCUT2D eigenvalue weighted by Crippen LogP contribution is -1.83. The Kier molecular flexibility index (Phi) is 12.9. The number of unbranched alkanes of at least 4 members (excludes halogenated alkanes) is 8. The molecule has 0 bridgehead atoms. The van der Waals surface area contributed by atoms with Crippen molar-refractivity contribution < 1.29 is 5.11 Å². The van der Waals surface area contributed by atoms with Crippen LogP contribution >= 0.6 is 15.9 Å². The van der Waals surface area contributed by atoms with Crippen molar-refractivity contribution >= 4 is 15.9 Å². The minimum absolute atomic E-state index is 0.116. The van der Waals surface area contributed by atoms with E-state index in [0.717, 1.165) is 18.2 Å². The van der Waals surface area contributed by atoms with Crippen LogP contribution in [0.2, 0.25) is 0 Å². The molecule has 1 radical (unpaired) electrons. The Morgan fingerprint density at radius 1 is 0.615 bits per heavy atom. The molecule has 0 aromatic carbocycles. The number of hydrogen-bond acceptors (Lipinski definition) is 0. The molecule has 79 valence electrons. The number of alkyl halides is 1. The van der Waals surface area contributed by atoms with Gasteiger partial charge in [-0.05, 0) is 12.8 Å². The van der Waals surface area contributed by atoms with Crippen LogP contribution in [0.1, 0.15) is 57.8 Å². The van der Waals surface area contributed by atoms with Gasteiger partial charge in [0.25, 0.3) is 0 Å². The summed E-state index contributed by atoms with van der Waals surface area (Å²) in [5.74, 6) is 0. The summed E-state index contributed by atoms with van der Waals surface area (Å²) in [6.45, 7) is 0.116. The topological polar surface area (TPSA) is 19.9 Å². The second-order valence-electron chi connectivity index (χ2n) is 3.58. The Morgan fingerprint density at radius 2 is 1.00 bits per heavy atom. The molecule has 0 aromatic heterocycles. The first-order chi connectivity index (χ1) is 6.41. The Labute approximate surface area is 91.1 Å². The van der Waals surface area contributed by atoms with Crippen molar-refractivity contribution in [1.29, 1.82) is 0 Å². The molecule has 0 heterocycles. The van der Waals surface area contributed by atoms with Crippen LogP contribution in [0.5, 0.6) is 0 Å². The Morgan fingerprint density at radius 3 is 1.38 bits per heavy atom. The van der Waals surface area contributed by atoms with E-state index in [0.29, 0.717) is 0 Å². The molecule has 0 amide bonds. The van der Waals surface area contributed by atoms with Crippen LogP contribution < -0.4 is 0 Å². The highest BCUT2D eigenvalue weighted by Crippen LogP contribution is 2.09. The minimum atomic E-state index is 0.116. The lowest BCUT2D eigenvalue weighted by molar-refractivity contribution is 0.186. The lowest BCUT2D eigenvalue weighted by atomic mass is 10.1. The van der Waals surface area contributed by atoms with E-state index in [4.69, 9.17) is 0 Å². The molecule has 0 atom stereocenters. The zero-order chi connectivity index (χ0) is 9.78. The summed E-state index contributed by atoms with van der Waals surface area (Å²) in [7, 11) is 0. The van der Waals surface area contributed by atoms with Gasteiger partial charge < -0.3 is 0 Å². The van der Waals surface area contributed by atoms with Gasteiger partial charge in [-0.2, -0.15) is 0 Å². The molecule has 0 N–H and O–H groups in total. The monoisotopic (exact) mass is 249 g/mol. The zero-order valence-corrected chi connectivity index (χ0v) is 10.2. The van der Waals surface area contributed by atoms with Crippen LogP contribution in [-0.2, 0) is 5.11 Å². The Balaban J connectivity index is 2.76. The van der Waals surface area contributed by atoms with Crippen LogP contribution in [0.25, 0.3) is 0 Å². The molecule has 0 rings (SSSR count). The smallest absolute Gasteiger partial charge is 0.0822 e. The quantitative estimate of drug-likeness (QED) is 0.406. The molecular formula is C11H22BrO. The van der Waals surface area contributed by atoms with Crippen molar-refractivity contribution in [2.24, 2.45) is 0 Å². The molecule has 13 heavy (non-hydrogen) atoms. The summed E-state index contributed by atoms with van der Waals surface area (Å²) in [5, 5.41) is 11.3. The summed E-state index contributed by atoms with van der Waals surface area (Å²) >= 11 is 3.43. The largest absolute Gasteiger partial charge is 0.237 e. The van der Waals surface area contributed by atoms with Gasteiger partial charge in [-0.3, -0.25) is 0 Å². The van der Waals surface area contributed by atoms with Gasteiger partial charge >= 0.3 is 0 Å². The van der Waals surface area contributed by atoms with E-state index >= 15 is 0 Å². The minimum Gasteiger partial charge on any atom is -0.237 e. The summed E-state index contributed by atoms with van der Waals surface area (Å²) in [5.41, 5.74) is 0. The standard InChI is InChI=1S/C11H22BrO/c12-10-8-6-4-2-1-3-5-7-9-11-13/h1-11H2. The van der Waals surface area contributed by atoms with Crippen molar-refractivity contribution in [2.75, 3.05) is 11.9 Å². The second-order valence-corrected chi connectivity index (χ2v) is 4.37. The van der Waals surface area contributed by atoms with Crippen LogP contribution in [0.4, 0.5) is 0 Å². The maximum atomic E-state index is 10.1. The molecule has 0 fully saturated rings. The molecule has 0 saturated carbocycles. The average Bonchev–Trinajstić information content (AvgIpc) is 2.16. The highest BCUT2D eigenvalue weighted by atomic mass is 79.9. The maximum Gasteiger partial charge on any atom is 0.0822 e. The van der Waals surface area contributed by atoms with Crippen molar-refractivity contribution in [3.05, 3.63) is 0 Å². The van der Waals surface area contributed by atoms with Crippen LogP contribution in [-0.4, -0.2) is 11.9 Å². The van der Waals surface area contributed by atoms with E-state index in [1.54, 1.807) is 0 Å². The van der Waals surface area contributed by atoms with Gasteiger partial charge in [-0.25, -0.2) is 5.11 Å². The fraction of sp³-hybridized carbons (Fsp3) is 1.00. The SMILES string of the molecule is [O]CCCCCCCCCCCBr. The van der Waals surface area contributed by atoms with Crippen LogP contribution in [0, 0.1) is 0 Å². The van der Waals surface area contributed by atoms with E-state index < -0.39 is 0 Å². The predicted octanol–water partition coefficient (Wildman–Crippen LogP) is 4.32. The third-order valence-corrected chi connectivity index (χ3v) is 2.84. The van der Waals surface area contributed by atoms with E-state index in [1.807, 2.05) is 0 Å². The summed E-state index contributed by atoms with van der Waals surface area (Å²) in [4.78, 5) is 0. The fourth-order valence-corrected chi connectivity index (χ4v) is 1.83. The molecule has 0 unspecified atom stereocenters. The van der Waals surface area contributed by atoms with Gasteiger partial charge in [-0.1, -0.05) is 60.9 Å². The van der Waals surface area contributed by atoms with E-state index in [-0.39, 0.29) is 6.61 Å². The molecule has 0 saturated heterocycles. The molecular weight excluding hydrogens is 228 g/mol. The first-order valence-corrected chi connectivity index (χ1v) is 6.68. The van der Waals surface area contributed by atoms with Gasteiger partial charge in [-0.15, -0.1) is 0 Å². The lowest BCUT2D eigenvalue weighted by Gasteiger charge is -2.00. The third kappa shape index (κ3) is 12.4. The molecule has 0 aliphatic rings. The van der Waals surface area contributed by atoms with Crippen molar-refractivity contribution in [3.63, 3.8) is 0 Å². The van der Waals surface area contributed by atoms with Crippen molar-refractivity contribution in [1.82, 2.24) is 0 Å². The Hall–Kier alpha value is 0.440. The molecule has 0 aliphatic carbocycles. The van der Waals surface area contributed by atoms with Crippen LogP contribution in [0.3, 0.4) is 0 Å². The summed E-state index contributed by atoms with van der Waals surface area (Å²) < 4.78 is 0. The molecule has 0 aromatic rings. The molecule has 0 spiro atoms. The second kappa shape index (κ2) is 12.4. The van der Waals surface area contributed by atoms with Gasteiger partial charge in [0.2, 0.25) is 0 Å². The molecule has 2 heteroatoms. The van der Waals surface area contributed by atoms with E-state index in [9.17, 15) is 5.11 Å². The van der Waals surface area contributed by atoms with Crippen LogP contribution in [0.15, 0.2) is 0 Å². The first kappa shape index (κ1) is 13.4. The van der Waals surface area contributed by atoms with Crippen molar-refractivity contribution in [2.45, 2.75) is 57.8 Å². The predicted molar refractivity (Wildman–Crippen MR) is 60.9 cm³/mol. The highest BCUT2D eigenvalue weighted by Gasteiger charge is 1.91. The van der Waals surface area contributed by atoms with Gasteiger partial charge in [0.05, 0.1) is 6.61 Å². The van der Waals surface area contributed by atoms with Gasteiger partial charge in [0.15, 0.2) is 0 Å². The zero-order valence-electron chi connectivity index (χ0n) is 8.56. The van der Waals surface area contributed by atoms with Gasteiger partial charge in [0, 0.05) is 5.33 Å². The molecule has 0 aliphatic heterocycles. The van der Waals surface area contributed by atoms with Gasteiger partial charge in [0.1, 0.15) is 0 Å². The number of hydrogen-bond donors (Lipinski definition) is 0. The number of rotatable bonds is 10. The van der Waals surface area contributed by atoms with Crippen molar-refractivity contribution in [3.8, 4) is 0 Å². The highest BCUT2D eigenvalue weighted by molar-refractivity contribution is 9.09. The fourth-order valence-electron chi connectivity index (χ4n) is 1.43. The van der Waals surface area contributed by atoms with E-state index in [1.165, 1.54) is 44.9 Å².